The summed E-state index contributed by atoms with van der Waals surface area (Å²) in [6.07, 6.45) is 1.72. The average Bonchev–Trinajstić information content (AvgIpc) is 3.19. The van der Waals surface area contributed by atoms with E-state index in [0.717, 1.165) is 11.3 Å². The molecule has 2 aliphatic heterocycles. The van der Waals surface area contributed by atoms with Gasteiger partial charge in [-0.25, -0.2) is 9.97 Å². The first-order chi connectivity index (χ1) is 11.3. The zero-order chi connectivity index (χ0) is 15.6. The number of hydrogen-bond acceptors (Lipinski definition) is 6. The molecule has 6 heteroatoms. The van der Waals surface area contributed by atoms with Gasteiger partial charge in [0.05, 0.1) is 24.9 Å². The third-order valence-corrected chi connectivity index (χ3v) is 4.35. The molecule has 0 saturated carbocycles. The van der Waals surface area contributed by atoms with Crippen LogP contribution in [0.25, 0.3) is 11.3 Å². The van der Waals surface area contributed by atoms with Gasteiger partial charge < -0.3 is 19.5 Å². The molecule has 0 aliphatic carbocycles. The van der Waals surface area contributed by atoms with Crippen LogP contribution in [0.1, 0.15) is 0 Å². The second-order valence-corrected chi connectivity index (χ2v) is 5.75. The van der Waals surface area contributed by atoms with E-state index in [1.807, 2.05) is 36.4 Å². The lowest BCUT2D eigenvalue weighted by molar-refractivity contribution is -0.00757. The second-order valence-electron chi connectivity index (χ2n) is 5.75. The van der Waals surface area contributed by atoms with E-state index in [9.17, 15) is 0 Å². The van der Waals surface area contributed by atoms with E-state index in [2.05, 4.69) is 15.3 Å². The first kappa shape index (κ1) is 14.6. The normalized spacial score (nSPS) is 29.4. The number of rotatable bonds is 4. The molecule has 1 aromatic carbocycles. The Hall–Kier alpha value is -2.02. The summed E-state index contributed by atoms with van der Waals surface area (Å²) in [5, 5.41) is 3.34. The Bertz CT molecular complexity index is 667. The number of aromatic nitrogens is 2. The molecular weight excluding hydrogens is 294 g/mol. The Kier molecular flexibility index (Phi) is 3.95. The summed E-state index contributed by atoms with van der Waals surface area (Å²) in [5.41, 5.74) is 1.95. The van der Waals surface area contributed by atoms with Crippen LogP contribution in [0.3, 0.4) is 0 Å². The molecule has 2 aliphatic rings. The number of benzene rings is 1. The molecule has 0 amide bonds. The fourth-order valence-electron chi connectivity index (χ4n) is 3.15. The van der Waals surface area contributed by atoms with Crippen molar-refractivity contribution in [2.75, 3.05) is 25.6 Å². The molecule has 0 bridgehead atoms. The van der Waals surface area contributed by atoms with Gasteiger partial charge in [-0.15, -0.1) is 0 Å². The van der Waals surface area contributed by atoms with Crippen molar-refractivity contribution in [3.63, 3.8) is 0 Å². The molecule has 1 N–H and O–H groups in total. The molecular formula is C17H19N3O3. The summed E-state index contributed by atoms with van der Waals surface area (Å²) in [6, 6.07) is 12.0. The zero-order valence-electron chi connectivity index (χ0n) is 12.9. The number of nitrogens with zero attached hydrogens (tertiary/aromatic N) is 2. The molecule has 2 saturated heterocycles. The number of ether oxygens (including phenoxy) is 3. The summed E-state index contributed by atoms with van der Waals surface area (Å²) >= 11 is 0. The van der Waals surface area contributed by atoms with Crippen LogP contribution in [0.5, 0.6) is 0 Å². The van der Waals surface area contributed by atoms with E-state index in [4.69, 9.17) is 14.2 Å². The van der Waals surface area contributed by atoms with Crippen LogP contribution in [0.2, 0.25) is 0 Å². The fourth-order valence-corrected chi connectivity index (χ4v) is 3.15. The molecule has 2 fully saturated rings. The largest absolute Gasteiger partial charge is 0.376 e. The minimum atomic E-state index is -0.0241. The highest BCUT2D eigenvalue weighted by Crippen LogP contribution is 2.30. The molecule has 6 nitrogen and oxygen atoms in total. The van der Waals surface area contributed by atoms with Crippen LogP contribution in [0.4, 0.5) is 5.95 Å². The lowest BCUT2D eigenvalue weighted by Gasteiger charge is -2.17. The van der Waals surface area contributed by atoms with Crippen molar-refractivity contribution < 1.29 is 14.2 Å². The van der Waals surface area contributed by atoms with E-state index in [0.29, 0.717) is 19.2 Å². The van der Waals surface area contributed by atoms with Gasteiger partial charge in [0, 0.05) is 18.9 Å². The number of anilines is 1. The maximum Gasteiger partial charge on any atom is 0.223 e. The van der Waals surface area contributed by atoms with E-state index in [1.54, 1.807) is 13.3 Å². The SMILES string of the molecule is CO[C@H]1CO[C@@H]2[C@@H]1OC[C@@H]2Nc1nccc(-c2ccccc2)n1. The van der Waals surface area contributed by atoms with Crippen LogP contribution in [0.15, 0.2) is 42.6 Å². The van der Waals surface area contributed by atoms with Crippen LogP contribution >= 0.6 is 0 Å². The first-order valence-electron chi connectivity index (χ1n) is 7.76. The van der Waals surface area contributed by atoms with Gasteiger partial charge in [-0.1, -0.05) is 30.3 Å². The van der Waals surface area contributed by atoms with Gasteiger partial charge in [0.1, 0.15) is 18.3 Å². The van der Waals surface area contributed by atoms with Crippen molar-refractivity contribution in [3.05, 3.63) is 42.6 Å². The summed E-state index contributed by atoms with van der Waals surface area (Å²) in [7, 11) is 1.69. The highest BCUT2D eigenvalue weighted by Gasteiger charge is 2.48. The minimum absolute atomic E-state index is 0.00312. The molecule has 1 aromatic heterocycles. The molecule has 2 aromatic rings. The van der Waals surface area contributed by atoms with Gasteiger partial charge in [0.2, 0.25) is 5.95 Å². The third kappa shape index (κ3) is 2.81. The molecule has 23 heavy (non-hydrogen) atoms. The van der Waals surface area contributed by atoms with E-state index in [1.165, 1.54) is 0 Å². The van der Waals surface area contributed by atoms with Crippen molar-refractivity contribution in [1.29, 1.82) is 0 Å². The van der Waals surface area contributed by atoms with Gasteiger partial charge >= 0.3 is 0 Å². The molecule has 4 atom stereocenters. The van der Waals surface area contributed by atoms with Crippen LogP contribution in [-0.4, -0.2) is 54.6 Å². The molecule has 0 spiro atoms. The fraction of sp³-hybridized carbons (Fsp3) is 0.412. The van der Waals surface area contributed by atoms with Crippen molar-refractivity contribution in [2.45, 2.75) is 24.4 Å². The number of nitrogens with one attached hydrogen (secondary N) is 1. The van der Waals surface area contributed by atoms with Crippen LogP contribution < -0.4 is 5.32 Å². The van der Waals surface area contributed by atoms with Crippen molar-refractivity contribution in [2.24, 2.45) is 0 Å². The maximum atomic E-state index is 5.81. The highest BCUT2D eigenvalue weighted by atomic mass is 16.6. The maximum absolute atomic E-state index is 5.81. The third-order valence-electron chi connectivity index (χ3n) is 4.35. The minimum Gasteiger partial charge on any atom is -0.376 e. The van der Waals surface area contributed by atoms with Crippen molar-refractivity contribution in [1.82, 2.24) is 9.97 Å². The van der Waals surface area contributed by atoms with Gasteiger partial charge in [-0.05, 0) is 6.07 Å². The van der Waals surface area contributed by atoms with Crippen LogP contribution in [-0.2, 0) is 14.2 Å². The average molecular weight is 313 g/mol. The van der Waals surface area contributed by atoms with Gasteiger partial charge in [0.15, 0.2) is 0 Å². The number of fused-ring (bicyclic) bond motifs is 1. The van der Waals surface area contributed by atoms with Gasteiger partial charge in [0.25, 0.3) is 0 Å². The number of hydrogen-bond donors (Lipinski definition) is 1. The monoisotopic (exact) mass is 313 g/mol. The smallest absolute Gasteiger partial charge is 0.223 e. The number of methoxy groups -OCH3 is 1. The quantitative estimate of drug-likeness (QED) is 0.927. The molecule has 0 radical (unpaired) electrons. The standard InChI is InChI=1S/C17H19N3O3/c1-21-14-10-23-15-13(9-22-16(14)15)20-17-18-8-7-12(19-17)11-5-3-2-4-6-11/h2-8,13-16H,9-10H2,1H3,(H,18,19,20)/t13-,14-,15-,16+/m0/s1. The van der Waals surface area contributed by atoms with Crippen molar-refractivity contribution >= 4 is 5.95 Å². The summed E-state index contributed by atoms with van der Waals surface area (Å²) in [6.45, 7) is 1.13. The summed E-state index contributed by atoms with van der Waals surface area (Å²) in [4.78, 5) is 8.91. The molecule has 0 unspecified atom stereocenters. The summed E-state index contributed by atoms with van der Waals surface area (Å²) < 4.78 is 17.0. The Morgan fingerprint density at radius 3 is 2.74 bits per heavy atom. The van der Waals surface area contributed by atoms with E-state index < -0.39 is 0 Å². The lowest BCUT2D eigenvalue weighted by Crippen LogP contribution is -2.36. The first-order valence-corrected chi connectivity index (χ1v) is 7.76. The van der Waals surface area contributed by atoms with Crippen LogP contribution in [0, 0.1) is 0 Å². The summed E-state index contributed by atoms with van der Waals surface area (Å²) in [5.74, 6) is 0.588. The molecule has 120 valence electrons. The molecule has 3 heterocycles. The Labute approximate surface area is 134 Å². The van der Waals surface area contributed by atoms with Crippen molar-refractivity contribution in [3.8, 4) is 11.3 Å². The Morgan fingerprint density at radius 1 is 1.09 bits per heavy atom. The van der Waals surface area contributed by atoms with Gasteiger partial charge in [-0.3, -0.25) is 0 Å². The predicted molar refractivity (Wildman–Crippen MR) is 85.2 cm³/mol. The zero-order valence-corrected chi connectivity index (χ0v) is 12.9. The highest BCUT2D eigenvalue weighted by molar-refractivity contribution is 5.59. The predicted octanol–water partition coefficient (Wildman–Crippen LogP) is 1.74. The van der Waals surface area contributed by atoms with Gasteiger partial charge in [-0.2, -0.15) is 0 Å². The topological polar surface area (TPSA) is 65.5 Å². The Morgan fingerprint density at radius 2 is 1.91 bits per heavy atom. The molecule has 4 rings (SSSR count). The Balaban J connectivity index is 1.50. The lowest BCUT2D eigenvalue weighted by atomic mass is 10.1. The van der Waals surface area contributed by atoms with E-state index in [-0.39, 0.29) is 24.4 Å². The van der Waals surface area contributed by atoms with E-state index >= 15 is 0 Å². The second kappa shape index (κ2) is 6.23.